The lowest BCUT2D eigenvalue weighted by molar-refractivity contribution is -0.126. The van der Waals surface area contributed by atoms with E-state index in [2.05, 4.69) is 10.2 Å². The van der Waals surface area contributed by atoms with Gasteiger partial charge < -0.3 is 15.0 Å². The highest BCUT2D eigenvalue weighted by molar-refractivity contribution is 5.97. The molecule has 164 valence electrons. The van der Waals surface area contributed by atoms with Gasteiger partial charge in [0.1, 0.15) is 12.4 Å². The number of hydrogen-bond acceptors (Lipinski definition) is 4. The minimum absolute atomic E-state index is 0.00754. The van der Waals surface area contributed by atoms with Crippen LogP contribution in [0.5, 0.6) is 5.75 Å². The van der Waals surface area contributed by atoms with E-state index in [1.54, 1.807) is 4.90 Å². The Kier molecular flexibility index (Phi) is 6.93. The largest absolute Gasteiger partial charge is 0.490 e. The molecule has 2 amide bonds. The Balaban J connectivity index is 1.29. The minimum atomic E-state index is -0.00990. The van der Waals surface area contributed by atoms with Crippen molar-refractivity contribution < 1.29 is 14.3 Å². The standard InChI is InChI=1S/C24H35N3O3/c28-22(11-12-23(29)27-17-18-30-21-10-4-3-9-20(21)27)25-19-24(13-5-1-6-14-24)26-15-7-2-8-16-26/h3-4,9-10H,1-2,5-8,11-19H2,(H,25,28). The predicted molar refractivity (Wildman–Crippen MR) is 118 cm³/mol. The van der Waals surface area contributed by atoms with E-state index in [4.69, 9.17) is 4.74 Å². The average Bonchev–Trinajstić information content (AvgIpc) is 2.82. The lowest BCUT2D eigenvalue weighted by atomic mass is 9.79. The Morgan fingerprint density at radius 1 is 0.933 bits per heavy atom. The highest BCUT2D eigenvalue weighted by Crippen LogP contribution is 2.35. The molecule has 1 aromatic rings. The molecule has 0 atom stereocenters. The Hall–Kier alpha value is -2.08. The molecule has 0 radical (unpaired) electrons. The van der Waals surface area contributed by atoms with Crippen LogP contribution >= 0.6 is 0 Å². The number of amides is 2. The third kappa shape index (κ3) is 4.80. The molecule has 1 N–H and O–H groups in total. The van der Waals surface area contributed by atoms with E-state index in [1.165, 1.54) is 51.4 Å². The van der Waals surface area contributed by atoms with E-state index in [1.807, 2.05) is 24.3 Å². The monoisotopic (exact) mass is 413 g/mol. The van der Waals surface area contributed by atoms with Crippen LogP contribution in [0.4, 0.5) is 5.69 Å². The summed E-state index contributed by atoms with van der Waals surface area (Å²) in [6.45, 7) is 4.07. The van der Waals surface area contributed by atoms with Crippen molar-refractivity contribution in [1.82, 2.24) is 10.2 Å². The number of ether oxygens (including phenoxy) is 1. The topological polar surface area (TPSA) is 61.9 Å². The van der Waals surface area contributed by atoms with Crippen LogP contribution in [-0.4, -0.2) is 55.0 Å². The molecule has 1 saturated carbocycles. The fourth-order valence-corrected chi connectivity index (χ4v) is 5.32. The van der Waals surface area contributed by atoms with Crippen molar-refractivity contribution in [1.29, 1.82) is 0 Å². The Labute approximate surface area is 179 Å². The maximum atomic E-state index is 12.8. The van der Waals surface area contributed by atoms with Crippen LogP contribution in [0.1, 0.15) is 64.2 Å². The van der Waals surface area contributed by atoms with Crippen molar-refractivity contribution in [3.63, 3.8) is 0 Å². The zero-order chi connectivity index (χ0) is 20.8. The molecule has 3 aliphatic rings. The molecular weight excluding hydrogens is 378 g/mol. The molecule has 2 aliphatic heterocycles. The minimum Gasteiger partial charge on any atom is -0.490 e. The van der Waals surface area contributed by atoms with Gasteiger partial charge in [-0.05, 0) is 50.9 Å². The van der Waals surface area contributed by atoms with Crippen LogP contribution in [0.2, 0.25) is 0 Å². The number of rotatable bonds is 6. The number of piperidine rings is 1. The summed E-state index contributed by atoms with van der Waals surface area (Å²) in [5.41, 5.74) is 0.932. The van der Waals surface area contributed by atoms with Crippen LogP contribution in [0.25, 0.3) is 0 Å². The van der Waals surface area contributed by atoms with E-state index >= 15 is 0 Å². The van der Waals surface area contributed by atoms with E-state index < -0.39 is 0 Å². The van der Waals surface area contributed by atoms with Gasteiger partial charge in [0.25, 0.3) is 0 Å². The van der Waals surface area contributed by atoms with Crippen LogP contribution < -0.4 is 15.0 Å². The van der Waals surface area contributed by atoms with E-state index in [9.17, 15) is 9.59 Å². The van der Waals surface area contributed by atoms with Crippen LogP contribution in [0.15, 0.2) is 24.3 Å². The predicted octanol–water partition coefficient (Wildman–Crippen LogP) is 3.50. The van der Waals surface area contributed by atoms with Gasteiger partial charge in [0, 0.05) is 24.9 Å². The number of hydrogen-bond donors (Lipinski definition) is 1. The maximum absolute atomic E-state index is 12.8. The van der Waals surface area contributed by atoms with Crippen molar-refractivity contribution in [2.75, 3.05) is 37.7 Å². The normalized spacial score (nSPS) is 21.4. The number of carbonyl (C=O) groups excluding carboxylic acids is 2. The van der Waals surface area contributed by atoms with Gasteiger partial charge in [0.15, 0.2) is 0 Å². The molecule has 1 saturated heterocycles. The first-order valence-electron chi connectivity index (χ1n) is 11.7. The highest BCUT2D eigenvalue weighted by atomic mass is 16.5. The molecule has 2 fully saturated rings. The summed E-state index contributed by atoms with van der Waals surface area (Å²) in [6, 6.07) is 7.60. The summed E-state index contributed by atoms with van der Waals surface area (Å²) in [7, 11) is 0. The first-order valence-corrected chi connectivity index (χ1v) is 11.7. The SMILES string of the molecule is O=C(CCC(=O)N1CCOc2ccccc21)NCC1(N2CCCCC2)CCCCC1. The molecule has 0 bridgehead atoms. The number of benzene rings is 1. The summed E-state index contributed by atoms with van der Waals surface area (Å²) >= 11 is 0. The van der Waals surface area contributed by atoms with Gasteiger partial charge in [-0.1, -0.05) is 37.8 Å². The summed E-state index contributed by atoms with van der Waals surface area (Å²) in [6.07, 6.45) is 10.5. The smallest absolute Gasteiger partial charge is 0.227 e. The number of nitrogens with zero attached hydrogens (tertiary/aromatic N) is 2. The number of fused-ring (bicyclic) bond motifs is 1. The van der Waals surface area contributed by atoms with Crippen LogP contribution in [-0.2, 0) is 9.59 Å². The first kappa shape index (κ1) is 21.2. The number of para-hydroxylation sites is 2. The van der Waals surface area contributed by atoms with Gasteiger partial charge >= 0.3 is 0 Å². The molecule has 2 heterocycles. The third-order valence-corrected chi connectivity index (χ3v) is 7.02. The van der Waals surface area contributed by atoms with Gasteiger partial charge in [-0.2, -0.15) is 0 Å². The van der Waals surface area contributed by atoms with Crippen molar-refractivity contribution >= 4 is 17.5 Å². The second-order valence-corrected chi connectivity index (χ2v) is 8.97. The van der Waals surface area contributed by atoms with Crippen LogP contribution in [0, 0.1) is 0 Å². The molecule has 0 unspecified atom stereocenters. The second-order valence-electron chi connectivity index (χ2n) is 8.97. The Morgan fingerprint density at radius 3 is 2.47 bits per heavy atom. The highest BCUT2D eigenvalue weighted by Gasteiger charge is 2.38. The van der Waals surface area contributed by atoms with Crippen LogP contribution in [0.3, 0.4) is 0 Å². The maximum Gasteiger partial charge on any atom is 0.227 e. The molecule has 4 rings (SSSR count). The summed E-state index contributed by atoms with van der Waals surface area (Å²) < 4.78 is 5.63. The first-order chi connectivity index (χ1) is 14.7. The molecule has 30 heavy (non-hydrogen) atoms. The summed E-state index contributed by atoms with van der Waals surface area (Å²) in [4.78, 5) is 29.8. The van der Waals surface area contributed by atoms with Gasteiger partial charge in [-0.25, -0.2) is 0 Å². The molecular formula is C24H35N3O3. The Morgan fingerprint density at radius 2 is 1.67 bits per heavy atom. The summed E-state index contributed by atoms with van der Waals surface area (Å²) in [5.74, 6) is 0.721. The van der Waals surface area contributed by atoms with Gasteiger partial charge in [0.2, 0.25) is 11.8 Å². The van der Waals surface area contributed by atoms with Gasteiger partial charge in [-0.15, -0.1) is 0 Å². The molecule has 1 aromatic carbocycles. The third-order valence-electron chi connectivity index (χ3n) is 7.02. The van der Waals surface area contributed by atoms with E-state index in [0.29, 0.717) is 13.2 Å². The zero-order valence-corrected chi connectivity index (χ0v) is 18.0. The summed E-state index contributed by atoms with van der Waals surface area (Å²) in [5, 5.41) is 3.19. The lowest BCUT2D eigenvalue weighted by Gasteiger charge is -2.48. The van der Waals surface area contributed by atoms with Crippen molar-refractivity contribution in [2.24, 2.45) is 0 Å². The molecule has 1 aliphatic carbocycles. The number of anilines is 1. The number of carbonyl (C=O) groups is 2. The van der Waals surface area contributed by atoms with E-state index in [0.717, 1.165) is 31.1 Å². The lowest BCUT2D eigenvalue weighted by Crippen LogP contribution is -2.58. The van der Waals surface area contributed by atoms with Gasteiger partial charge in [-0.3, -0.25) is 14.5 Å². The fourth-order valence-electron chi connectivity index (χ4n) is 5.32. The van der Waals surface area contributed by atoms with E-state index in [-0.39, 0.29) is 30.2 Å². The molecule has 6 nitrogen and oxygen atoms in total. The number of nitrogens with one attached hydrogen (secondary N) is 1. The van der Waals surface area contributed by atoms with Gasteiger partial charge in [0.05, 0.1) is 12.2 Å². The quantitative estimate of drug-likeness (QED) is 0.775. The Bertz CT molecular complexity index is 739. The molecule has 0 spiro atoms. The molecule has 6 heteroatoms. The molecule has 0 aromatic heterocycles. The fraction of sp³-hybridized carbons (Fsp3) is 0.667. The van der Waals surface area contributed by atoms with Crippen molar-refractivity contribution in [2.45, 2.75) is 69.7 Å². The average molecular weight is 414 g/mol. The zero-order valence-electron chi connectivity index (χ0n) is 18.0. The second kappa shape index (κ2) is 9.82. The van der Waals surface area contributed by atoms with Crippen molar-refractivity contribution in [3.8, 4) is 5.75 Å². The number of likely N-dealkylation sites (tertiary alicyclic amines) is 1. The van der Waals surface area contributed by atoms with Crippen molar-refractivity contribution in [3.05, 3.63) is 24.3 Å².